The molecule has 4 aromatic rings. The quantitative estimate of drug-likeness (QED) is 0.411. The lowest BCUT2D eigenvalue weighted by atomic mass is 9.94. The van der Waals surface area contributed by atoms with Crippen LogP contribution in [0.4, 0.5) is 0 Å². The number of pyridine rings is 1. The van der Waals surface area contributed by atoms with Crippen molar-refractivity contribution in [1.82, 2.24) is 4.98 Å². The van der Waals surface area contributed by atoms with E-state index in [0.717, 1.165) is 16.5 Å². The van der Waals surface area contributed by atoms with E-state index >= 15 is 0 Å². The van der Waals surface area contributed by atoms with Gasteiger partial charge in [-0.05, 0) is 23.3 Å². The first-order chi connectivity index (χ1) is 13.2. The standard InChI is InChI=1S/C24H17NO2/c26-21(16-15-17-9-3-1-4-10-17)23-22(18-11-5-2-6-12-18)19-13-7-8-14-20(19)25-24(23)27/h1-16H,(H,25,27)/b16-15+. The number of aromatic nitrogens is 1. The molecule has 0 aliphatic heterocycles. The molecule has 0 atom stereocenters. The zero-order valence-electron chi connectivity index (χ0n) is 14.6. The van der Waals surface area contributed by atoms with Crippen LogP contribution in [0, 0.1) is 0 Å². The van der Waals surface area contributed by atoms with Crippen LogP contribution in [0.25, 0.3) is 28.1 Å². The number of hydrogen-bond donors (Lipinski definition) is 1. The van der Waals surface area contributed by atoms with E-state index in [2.05, 4.69) is 4.98 Å². The molecule has 3 heteroatoms. The Morgan fingerprint density at radius 3 is 2.15 bits per heavy atom. The molecule has 0 saturated heterocycles. The Bertz CT molecular complexity index is 1190. The van der Waals surface area contributed by atoms with Gasteiger partial charge in [-0.15, -0.1) is 0 Å². The lowest BCUT2D eigenvalue weighted by Gasteiger charge is -2.11. The Morgan fingerprint density at radius 1 is 0.778 bits per heavy atom. The van der Waals surface area contributed by atoms with Crippen LogP contribution in [0.1, 0.15) is 15.9 Å². The van der Waals surface area contributed by atoms with Crippen molar-refractivity contribution in [3.63, 3.8) is 0 Å². The van der Waals surface area contributed by atoms with Gasteiger partial charge in [-0.3, -0.25) is 9.59 Å². The number of nitrogens with one attached hydrogen (secondary N) is 1. The third-order valence-corrected chi connectivity index (χ3v) is 4.46. The molecule has 3 nitrogen and oxygen atoms in total. The molecule has 0 spiro atoms. The largest absolute Gasteiger partial charge is 0.321 e. The average molecular weight is 351 g/mol. The second-order valence-electron chi connectivity index (χ2n) is 6.22. The smallest absolute Gasteiger partial charge is 0.260 e. The number of H-pyrrole nitrogens is 1. The highest BCUT2D eigenvalue weighted by Gasteiger charge is 2.18. The number of allylic oxidation sites excluding steroid dienone is 1. The topological polar surface area (TPSA) is 49.9 Å². The van der Waals surface area contributed by atoms with E-state index in [9.17, 15) is 9.59 Å². The molecule has 0 unspecified atom stereocenters. The predicted molar refractivity (Wildman–Crippen MR) is 110 cm³/mol. The van der Waals surface area contributed by atoms with Crippen molar-refractivity contribution in [3.05, 3.63) is 112 Å². The predicted octanol–water partition coefficient (Wildman–Crippen LogP) is 5.09. The van der Waals surface area contributed by atoms with Crippen LogP contribution in [-0.4, -0.2) is 10.8 Å². The first kappa shape index (κ1) is 16.7. The SMILES string of the molecule is O=C(/C=C/c1ccccc1)c1c(-c2ccccc2)c2ccccc2[nH]c1=O. The van der Waals surface area contributed by atoms with Crippen molar-refractivity contribution in [2.24, 2.45) is 0 Å². The normalized spacial score (nSPS) is 11.1. The molecular weight excluding hydrogens is 334 g/mol. The number of fused-ring (bicyclic) bond motifs is 1. The van der Waals surface area contributed by atoms with Crippen LogP contribution in [-0.2, 0) is 0 Å². The molecule has 0 amide bonds. The van der Waals surface area contributed by atoms with Gasteiger partial charge in [0.15, 0.2) is 5.78 Å². The molecule has 1 N–H and O–H groups in total. The van der Waals surface area contributed by atoms with Crippen LogP contribution >= 0.6 is 0 Å². The van der Waals surface area contributed by atoms with E-state index in [1.165, 1.54) is 6.08 Å². The summed E-state index contributed by atoms with van der Waals surface area (Å²) in [5, 5.41) is 0.847. The van der Waals surface area contributed by atoms with Crippen LogP contribution in [0.5, 0.6) is 0 Å². The molecular formula is C24H17NO2. The Hall–Kier alpha value is -3.72. The summed E-state index contributed by atoms with van der Waals surface area (Å²) in [6.45, 7) is 0. The van der Waals surface area contributed by atoms with Gasteiger partial charge in [-0.1, -0.05) is 84.9 Å². The van der Waals surface area contributed by atoms with Gasteiger partial charge < -0.3 is 4.98 Å². The van der Waals surface area contributed by atoms with Crippen molar-refractivity contribution in [2.75, 3.05) is 0 Å². The van der Waals surface area contributed by atoms with Crippen LogP contribution in [0.2, 0.25) is 0 Å². The fraction of sp³-hybridized carbons (Fsp3) is 0. The lowest BCUT2D eigenvalue weighted by molar-refractivity contribution is 0.104. The van der Waals surface area contributed by atoms with E-state index in [-0.39, 0.29) is 16.9 Å². The van der Waals surface area contributed by atoms with E-state index in [1.54, 1.807) is 6.08 Å². The van der Waals surface area contributed by atoms with Gasteiger partial charge in [0.25, 0.3) is 5.56 Å². The van der Waals surface area contributed by atoms with Crippen molar-refractivity contribution in [2.45, 2.75) is 0 Å². The number of rotatable bonds is 4. The molecule has 27 heavy (non-hydrogen) atoms. The second-order valence-corrected chi connectivity index (χ2v) is 6.22. The summed E-state index contributed by atoms with van der Waals surface area (Å²) >= 11 is 0. The number of hydrogen-bond acceptors (Lipinski definition) is 2. The Kier molecular flexibility index (Phi) is 4.50. The summed E-state index contributed by atoms with van der Waals surface area (Å²) in [5.41, 5.74) is 2.91. The molecule has 1 aromatic heterocycles. The summed E-state index contributed by atoms with van der Waals surface area (Å²) in [7, 11) is 0. The van der Waals surface area contributed by atoms with Crippen molar-refractivity contribution in [3.8, 4) is 11.1 Å². The molecule has 3 aromatic carbocycles. The Morgan fingerprint density at radius 2 is 1.41 bits per heavy atom. The van der Waals surface area contributed by atoms with E-state index in [4.69, 9.17) is 0 Å². The van der Waals surface area contributed by atoms with Crippen LogP contribution < -0.4 is 5.56 Å². The molecule has 0 fully saturated rings. The minimum Gasteiger partial charge on any atom is -0.321 e. The van der Waals surface area contributed by atoms with E-state index < -0.39 is 0 Å². The summed E-state index contributed by atoms with van der Waals surface area (Å²) in [4.78, 5) is 28.6. The van der Waals surface area contributed by atoms with Crippen LogP contribution in [0.3, 0.4) is 0 Å². The minimum atomic E-state index is -0.379. The highest BCUT2D eigenvalue weighted by molar-refractivity contribution is 6.15. The van der Waals surface area contributed by atoms with E-state index in [1.807, 2.05) is 84.9 Å². The Balaban J connectivity index is 1.92. The molecule has 0 radical (unpaired) electrons. The van der Waals surface area contributed by atoms with Gasteiger partial charge in [0, 0.05) is 16.5 Å². The molecule has 130 valence electrons. The highest BCUT2D eigenvalue weighted by atomic mass is 16.1. The molecule has 0 saturated carbocycles. The number of carbonyl (C=O) groups excluding carboxylic acids is 1. The molecule has 0 aliphatic carbocycles. The van der Waals surface area contributed by atoms with Gasteiger partial charge in [0.1, 0.15) is 0 Å². The first-order valence-electron chi connectivity index (χ1n) is 8.72. The summed E-state index contributed by atoms with van der Waals surface area (Å²) in [5.74, 6) is -0.315. The van der Waals surface area contributed by atoms with E-state index in [0.29, 0.717) is 11.1 Å². The van der Waals surface area contributed by atoms with Gasteiger partial charge >= 0.3 is 0 Å². The minimum absolute atomic E-state index is 0.159. The summed E-state index contributed by atoms with van der Waals surface area (Å²) < 4.78 is 0. The van der Waals surface area contributed by atoms with Crippen molar-refractivity contribution < 1.29 is 4.79 Å². The first-order valence-corrected chi connectivity index (χ1v) is 8.72. The number of ketones is 1. The van der Waals surface area contributed by atoms with Crippen molar-refractivity contribution >= 4 is 22.8 Å². The van der Waals surface area contributed by atoms with Crippen molar-refractivity contribution in [1.29, 1.82) is 0 Å². The molecule has 4 rings (SSSR count). The maximum Gasteiger partial charge on any atom is 0.260 e. The molecule has 0 bridgehead atoms. The maximum atomic E-state index is 13.0. The maximum absolute atomic E-state index is 13.0. The second kappa shape index (κ2) is 7.26. The monoisotopic (exact) mass is 351 g/mol. The highest BCUT2D eigenvalue weighted by Crippen LogP contribution is 2.29. The molecule has 1 heterocycles. The lowest BCUT2D eigenvalue weighted by Crippen LogP contribution is -2.18. The zero-order chi connectivity index (χ0) is 18.6. The number of benzene rings is 3. The summed E-state index contributed by atoms with van der Waals surface area (Å²) in [6, 6.07) is 26.6. The van der Waals surface area contributed by atoms with Gasteiger partial charge in [0.05, 0.1) is 5.56 Å². The zero-order valence-corrected chi connectivity index (χ0v) is 14.6. The third kappa shape index (κ3) is 3.35. The fourth-order valence-corrected chi connectivity index (χ4v) is 3.20. The van der Waals surface area contributed by atoms with Crippen LogP contribution in [0.15, 0.2) is 95.8 Å². The third-order valence-electron chi connectivity index (χ3n) is 4.46. The van der Waals surface area contributed by atoms with Gasteiger partial charge in [-0.2, -0.15) is 0 Å². The number of aromatic amines is 1. The average Bonchev–Trinajstić information content (AvgIpc) is 2.72. The van der Waals surface area contributed by atoms with Gasteiger partial charge in [0.2, 0.25) is 0 Å². The number of para-hydroxylation sites is 1. The number of carbonyl (C=O) groups is 1. The summed E-state index contributed by atoms with van der Waals surface area (Å²) in [6.07, 6.45) is 3.19. The van der Waals surface area contributed by atoms with Gasteiger partial charge in [-0.25, -0.2) is 0 Å². The fourth-order valence-electron chi connectivity index (χ4n) is 3.20. The Labute approximate surface area is 156 Å². The molecule has 0 aliphatic rings.